The summed E-state index contributed by atoms with van der Waals surface area (Å²) in [5.74, 6) is 1.47. The van der Waals surface area contributed by atoms with Gasteiger partial charge in [-0.05, 0) is 44.2 Å². The van der Waals surface area contributed by atoms with Crippen LogP contribution in [0, 0.1) is 6.92 Å². The van der Waals surface area contributed by atoms with E-state index in [1.54, 1.807) is 0 Å². The maximum Gasteiger partial charge on any atom is 0.320 e. The van der Waals surface area contributed by atoms with E-state index in [1.165, 1.54) is 0 Å². The molecule has 0 spiro atoms. The topological polar surface area (TPSA) is 68.8 Å². The van der Waals surface area contributed by atoms with Crippen LogP contribution in [-0.4, -0.2) is 19.7 Å². The minimum absolute atomic E-state index is 0.367. The van der Waals surface area contributed by atoms with Crippen molar-refractivity contribution in [2.24, 2.45) is 0 Å². The number of rotatable bonds is 4. The first-order valence-corrected chi connectivity index (χ1v) is 7.87. The van der Waals surface area contributed by atoms with Gasteiger partial charge in [-0.25, -0.2) is 4.98 Å². The molecule has 0 radical (unpaired) electrons. The number of nitrogens with zero attached hydrogens (tertiary/aromatic N) is 4. The summed E-state index contributed by atoms with van der Waals surface area (Å²) in [7, 11) is 0. The van der Waals surface area contributed by atoms with E-state index < -0.39 is 0 Å². The second-order valence-corrected chi connectivity index (χ2v) is 5.51. The number of hydrogen-bond acceptors (Lipinski definition) is 5. The Hall–Kier alpha value is -3.15. The highest BCUT2D eigenvalue weighted by molar-refractivity contribution is 5.81. The molecule has 0 bridgehead atoms. The van der Waals surface area contributed by atoms with Crippen LogP contribution in [0.3, 0.4) is 0 Å². The smallest absolute Gasteiger partial charge is 0.320 e. The van der Waals surface area contributed by atoms with Gasteiger partial charge in [0.05, 0.1) is 11.0 Å². The van der Waals surface area contributed by atoms with Crippen molar-refractivity contribution in [1.82, 2.24) is 19.7 Å². The number of fused-ring (bicyclic) bond motifs is 1. The third-order valence-electron chi connectivity index (χ3n) is 3.95. The molecule has 120 valence electrons. The molecule has 2 aromatic heterocycles. The second-order valence-electron chi connectivity index (χ2n) is 5.51. The fraction of sp³-hybridized carbons (Fsp3) is 0.167. The van der Waals surface area contributed by atoms with Crippen molar-refractivity contribution in [3.8, 4) is 11.5 Å². The van der Waals surface area contributed by atoms with Gasteiger partial charge in [0, 0.05) is 17.8 Å². The van der Waals surface area contributed by atoms with Crippen LogP contribution in [0.5, 0.6) is 0 Å². The standard InChI is InChI=1S/C18H17N5O/c1-3-23-12(2)19-15-11-13(9-10-16(15)23)17-21-22-18(24-17)20-14-7-5-4-6-8-14/h4-11H,3H2,1-2H3,(H,20,22). The molecule has 1 N–H and O–H groups in total. The predicted molar refractivity (Wildman–Crippen MR) is 93.2 cm³/mol. The van der Waals surface area contributed by atoms with Gasteiger partial charge in [-0.2, -0.15) is 0 Å². The first-order valence-electron chi connectivity index (χ1n) is 7.87. The van der Waals surface area contributed by atoms with Crippen LogP contribution in [0.2, 0.25) is 0 Å². The van der Waals surface area contributed by atoms with Crippen molar-refractivity contribution >= 4 is 22.7 Å². The molecule has 0 saturated heterocycles. The molecule has 0 aliphatic carbocycles. The molecule has 0 saturated carbocycles. The molecule has 0 atom stereocenters. The van der Waals surface area contributed by atoms with E-state index in [2.05, 4.69) is 32.0 Å². The van der Waals surface area contributed by atoms with Gasteiger partial charge >= 0.3 is 6.01 Å². The van der Waals surface area contributed by atoms with Crippen LogP contribution in [-0.2, 0) is 6.54 Å². The zero-order chi connectivity index (χ0) is 16.5. The number of hydrogen-bond donors (Lipinski definition) is 1. The summed E-state index contributed by atoms with van der Waals surface area (Å²) < 4.78 is 7.89. The summed E-state index contributed by atoms with van der Waals surface area (Å²) in [5, 5.41) is 11.3. The van der Waals surface area contributed by atoms with Crippen LogP contribution >= 0.6 is 0 Å². The average Bonchev–Trinajstić information content (AvgIpc) is 3.18. The van der Waals surface area contributed by atoms with Crippen LogP contribution in [0.25, 0.3) is 22.5 Å². The Kier molecular flexibility index (Phi) is 3.49. The number of anilines is 2. The Labute approximate surface area is 139 Å². The largest absolute Gasteiger partial charge is 0.403 e. The summed E-state index contributed by atoms with van der Waals surface area (Å²) in [6, 6.07) is 16.1. The summed E-state index contributed by atoms with van der Waals surface area (Å²) in [5.41, 5.74) is 3.81. The first kappa shape index (κ1) is 14.4. The van der Waals surface area contributed by atoms with E-state index in [1.807, 2.05) is 55.5 Å². The van der Waals surface area contributed by atoms with Crippen molar-refractivity contribution in [1.29, 1.82) is 0 Å². The molecule has 0 unspecified atom stereocenters. The first-order chi connectivity index (χ1) is 11.7. The van der Waals surface area contributed by atoms with Gasteiger partial charge in [0.2, 0.25) is 5.89 Å². The van der Waals surface area contributed by atoms with Crippen molar-refractivity contribution in [2.45, 2.75) is 20.4 Å². The van der Waals surface area contributed by atoms with Gasteiger partial charge < -0.3 is 14.3 Å². The fourth-order valence-electron chi connectivity index (χ4n) is 2.82. The number of aromatic nitrogens is 4. The predicted octanol–water partition coefficient (Wildman–Crippen LogP) is 4.16. The fourth-order valence-corrected chi connectivity index (χ4v) is 2.82. The summed E-state index contributed by atoms with van der Waals surface area (Å²) >= 11 is 0. The molecular weight excluding hydrogens is 302 g/mol. The van der Waals surface area contributed by atoms with Crippen molar-refractivity contribution < 1.29 is 4.42 Å². The number of nitrogens with one attached hydrogen (secondary N) is 1. The van der Waals surface area contributed by atoms with Gasteiger partial charge in [0.1, 0.15) is 5.82 Å². The quantitative estimate of drug-likeness (QED) is 0.612. The third-order valence-corrected chi connectivity index (χ3v) is 3.95. The minimum atomic E-state index is 0.367. The lowest BCUT2D eigenvalue weighted by Crippen LogP contribution is -1.95. The van der Waals surface area contributed by atoms with Gasteiger partial charge in [-0.3, -0.25) is 0 Å². The lowest BCUT2D eigenvalue weighted by molar-refractivity contribution is 0.588. The normalized spacial score (nSPS) is 11.1. The molecule has 0 aliphatic heterocycles. The number of benzene rings is 2. The van der Waals surface area contributed by atoms with Crippen molar-refractivity contribution in [2.75, 3.05) is 5.32 Å². The summed E-state index contributed by atoms with van der Waals surface area (Å²) in [4.78, 5) is 4.60. The van der Waals surface area contributed by atoms with Crippen molar-refractivity contribution in [3.05, 3.63) is 54.4 Å². The monoisotopic (exact) mass is 319 g/mol. The highest BCUT2D eigenvalue weighted by Gasteiger charge is 2.12. The van der Waals surface area contributed by atoms with Crippen LogP contribution in [0.4, 0.5) is 11.7 Å². The summed E-state index contributed by atoms with van der Waals surface area (Å²) in [6.45, 7) is 5.02. The van der Waals surface area contributed by atoms with E-state index in [0.717, 1.165) is 34.7 Å². The zero-order valence-corrected chi connectivity index (χ0v) is 13.5. The summed E-state index contributed by atoms with van der Waals surface area (Å²) in [6.07, 6.45) is 0. The molecule has 2 heterocycles. The number of para-hydroxylation sites is 1. The van der Waals surface area contributed by atoms with Crippen LogP contribution in [0.1, 0.15) is 12.7 Å². The van der Waals surface area contributed by atoms with E-state index in [9.17, 15) is 0 Å². The zero-order valence-electron chi connectivity index (χ0n) is 13.5. The maximum atomic E-state index is 5.72. The van der Waals surface area contributed by atoms with Gasteiger partial charge in [0.25, 0.3) is 0 Å². The lowest BCUT2D eigenvalue weighted by atomic mass is 10.2. The molecule has 6 heteroatoms. The molecule has 4 rings (SSSR count). The van der Waals surface area contributed by atoms with Gasteiger partial charge in [0.15, 0.2) is 0 Å². The maximum absolute atomic E-state index is 5.72. The van der Waals surface area contributed by atoms with Gasteiger partial charge in [-0.1, -0.05) is 23.3 Å². The van der Waals surface area contributed by atoms with E-state index >= 15 is 0 Å². The lowest BCUT2D eigenvalue weighted by Gasteiger charge is -2.02. The Bertz CT molecular complexity index is 987. The Morgan fingerprint density at radius 2 is 1.92 bits per heavy atom. The number of imidazole rings is 1. The highest BCUT2D eigenvalue weighted by Crippen LogP contribution is 2.26. The average molecular weight is 319 g/mol. The molecular formula is C18H17N5O. The molecule has 0 amide bonds. The molecule has 4 aromatic rings. The third kappa shape index (κ3) is 2.52. The highest BCUT2D eigenvalue weighted by atomic mass is 16.4. The number of aryl methyl sites for hydroxylation is 2. The van der Waals surface area contributed by atoms with Gasteiger partial charge in [-0.15, -0.1) is 5.10 Å². The van der Waals surface area contributed by atoms with Crippen molar-refractivity contribution in [3.63, 3.8) is 0 Å². The molecule has 0 aliphatic rings. The Morgan fingerprint density at radius 3 is 2.71 bits per heavy atom. The second kappa shape index (κ2) is 5.81. The Balaban J connectivity index is 1.65. The SMILES string of the molecule is CCn1c(C)nc2cc(-c3nnc(Nc4ccccc4)o3)ccc21. The molecule has 6 nitrogen and oxygen atoms in total. The van der Waals surface area contributed by atoms with E-state index in [-0.39, 0.29) is 0 Å². The molecule has 0 fully saturated rings. The Morgan fingerprint density at radius 1 is 1.08 bits per heavy atom. The minimum Gasteiger partial charge on any atom is -0.403 e. The van der Waals surface area contributed by atoms with E-state index in [0.29, 0.717) is 11.9 Å². The van der Waals surface area contributed by atoms with Crippen LogP contribution in [0.15, 0.2) is 52.9 Å². The molecule has 24 heavy (non-hydrogen) atoms. The molecule has 2 aromatic carbocycles. The van der Waals surface area contributed by atoms with Crippen LogP contribution < -0.4 is 5.32 Å². The van der Waals surface area contributed by atoms with E-state index in [4.69, 9.17) is 4.42 Å².